The molecule has 0 heterocycles. The number of hydrogen-bond donors (Lipinski definition) is 4. The fourth-order valence-corrected chi connectivity index (χ4v) is 2.61. The second kappa shape index (κ2) is 9.08. The maximum absolute atomic E-state index is 12.0. The Hall–Kier alpha value is -2.53. The van der Waals surface area contributed by atoms with Crippen LogP contribution in [0, 0.1) is 6.92 Å². The van der Waals surface area contributed by atoms with Crippen LogP contribution in [-0.4, -0.2) is 23.7 Å². The molecule has 0 aromatic heterocycles. The summed E-state index contributed by atoms with van der Waals surface area (Å²) in [6, 6.07) is 15.6. The van der Waals surface area contributed by atoms with Crippen molar-refractivity contribution in [1.29, 1.82) is 0 Å². The summed E-state index contributed by atoms with van der Waals surface area (Å²) in [5.41, 5.74) is 3.88. The Balaban J connectivity index is 1.80. The summed E-state index contributed by atoms with van der Waals surface area (Å²) >= 11 is 0. The van der Waals surface area contributed by atoms with Crippen LogP contribution in [0.3, 0.4) is 0 Å². The van der Waals surface area contributed by atoms with E-state index in [1.54, 1.807) is 0 Å². The lowest BCUT2D eigenvalue weighted by molar-refractivity contribution is 0.172. The number of hydrogen-bond acceptors (Lipinski definition) is 3. The number of anilines is 1. The van der Waals surface area contributed by atoms with Crippen LogP contribution in [0.4, 0.5) is 10.5 Å². The summed E-state index contributed by atoms with van der Waals surface area (Å²) in [4.78, 5) is 12.0. The number of aliphatic hydroxyl groups is 1. The number of carbonyl (C=O) groups is 1. The molecule has 2 rings (SSSR count). The standard InChI is InChI=1S/C20H27N3O2/c1-14(2)23-17-9-6-8-16(11-17)12-21-20(25)22-13-19(24)18-10-5-4-7-15(18)3/h4-11,14,19,23-24H,12-13H2,1-3H3,(H2,21,22,25). The van der Waals surface area contributed by atoms with Crippen LogP contribution >= 0.6 is 0 Å². The van der Waals surface area contributed by atoms with Gasteiger partial charge in [-0.15, -0.1) is 0 Å². The van der Waals surface area contributed by atoms with Gasteiger partial charge in [0.25, 0.3) is 0 Å². The van der Waals surface area contributed by atoms with Crippen molar-refractivity contribution in [1.82, 2.24) is 10.6 Å². The Bertz CT molecular complexity index is 701. The third kappa shape index (κ3) is 6.12. The summed E-state index contributed by atoms with van der Waals surface area (Å²) in [7, 11) is 0. The molecule has 0 aliphatic carbocycles. The van der Waals surface area contributed by atoms with Gasteiger partial charge in [-0.25, -0.2) is 4.79 Å². The van der Waals surface area contributed by atoms with E-state index in [1.165, 1.54) is 0 Å². The molecule has 2 aromatic carbocycles. The van der Waals surface area contributed by atoms with Gasteiger partial charge >= 0.3 is 6.03 Å². The van der Waals surface area contributed by atoms with Gasteiger partial charge in [0.2, 0.25) is 0 Å². The molecule has 134 valence electrons. The summed E-state index contributed by atoms with van der Waals surface area (Å²) in [5, 5.41) is 19.1. The first-order chi connectivity index (χ1) is 12.0. The topological polar surface area (TPSA) is 73.4 Å². The quantitative estimate of drug-likeness (QED) is 0.624. The largest absolute Gasteiger partial charge is 0.387 e. The van der Waals surface area contributed by atoms with Crippen LogP contribution in [0.5, 0.6) is 0 Å². The van der Waals surface area contributed by atoms with Crippen molar-refractivity contribution in [2.45, 2.75) is 39.5 Å². The summed E-state index contributed by atoms with van der Waals surface area (Å²) in [5.74, 6) is 0. The molecule has 2 aromatic rings. The zero-order valence-electron chi connectivity index (χ0n) is 15.0. The van der Waals surface area contributed by atoms with Crippen LogP contribution in [0.1, 0.15) is 36.6 Å². The minimum Gasteiger partial charge on any atom is -0.387 e. The van der Waals surface area contributed by atoms with Gasteiger partial charge in [0, 0.05) is 24.8 Å². The molecule has 5 heteroatoms. The molecular formula is C20H27N3O2. The molecule has 0 radical (unpaired) electrons. The number of carbonyl (C=O) groups excluding carboxylic acids is 1. The van der Waals surface area contributed by atoms with Crippen molar-refractivity contribution in [2.24, 2.45) is 0 Å². The van der Waals surface area contributed by atoms with Gasteiger partial charge in [-0.05, 0) is 49.6 Å². The molecule has 4 N–H and O–H groups in total. The first kappa shape index (κ1) is 18.8. The molecule has 0 bridgehead atoms. The van der Waals surface area contributed by atoms with E-state index >= 15 is 0 Å². The van der Waals surface area contributed by atoms with Crippen LogP contribution < -0.4 is 16.0 Å². The number of nitrogens with one attached hydrogen (secondary N) is 3. The highest BCUT2D eigenvalue weighted by atomic mass is 16.3. The van der Waals surface area contributed by atoms with Crippen LogP contribution in [0.25, 0.3) is 0 Å². The highest BCUT2D eigenvalue weighted by molar-refractivity contribution is 5.73. The number of aryl methyl sites for hydroxylation is 1. The highest BCUT2D eigenvalue weighted by Crippen LogP contribution is 2.16. The smallest absolute Gasteiger partial charge is 0.315 e. The van der Waals surface area contributed by atoms with E-state index in [0.717, 1.165) is 22.4 Å². The third-order valence-electron chi connectivity index (χ3n) is 3.84. The molecule has 0 aliphatic rings. The van der Waals surface area contributed by atoms with Crippen molar-refractivity contribution >= 4 is 11.7 Å². The fourth-order valence-electron chi connectivity index (χ4n) is 2.61. The summed E-state index contributed by atoms with van der Waals surface area (Å²) in [6.07, 6.45) is -0.717. The average molecular weight is 341 g/mol. The van der Waals surface area contributed by atoms with E-state index in [0.29, 0.717) is 12.6 Å². The van der Waals surface area contributed by atoms with Crippen LogP contribution in [-0.2, 0) is 6.54 Å². The zero-order chi connectivity index (χ0) is 18.2. The molecular weight excluding hydrogens is 314 g/mol. The highest BCUT2D eigenvalue weighted by Gasteiger charge is 2.11. The van der Waals surface area contributed by atoms with E-state index in [2.05, 4.69) is 29.8 Å². The molecule has 25 heavy (non-hydrogen) atoms. The van der Waals surface area contributed by atoms with E-state index < -0.39 is 6.10 Å². The molecule has 5 nitrogen and oxygen atoms in total. The fraction of sp³-hybridized carbons (Fsp3) is 0.350. The van der Waals surface area contributed by atoms with E-state index in [1.807, 2.05) is 55.5 Å². The summed E-state index contributed by atoms with van der Waals surface area (Å²) < 4.78 is 0. The molecule has 0 saturated carbocycles. The number of urea groups is 1. The minimum absolute atomic E-state index is 0.172. The number of benzene rings is 2. The second-order valence-electron chi connectivity index (χ2n) is 6.44. The van der Waals surface area contributed by atoms with Gasteiger partial charge in [0.1, 0.15) is 0 Å². The third-order valence-corrected chi connectivity index (χ3v) is 3.84. The van der Waals surface area contributed by atoms with E-state index in [4.69, 9.17) is 0 Å². The van der Waals surface area contributed by atoms with Gasteiger partial charge in [-0.2, -0.15) is 0 Å². The van der Waals surface area contributed by atoms with Crippen molar-refractivity contribution in [2.75, 3.05) is 11.9 Å². The Morgan fingerprint density at radius 2 is 1.84 bits per heavy atom. The molecule has 0 aliphatic heterocycles. The zero-order valence-corrected chi connectivity index (χ0v) is 15.0. The lowest BCUT2D eigenvalue weighted by Gasteiger charge is -2.15. The van der Waals surface area contributed by atoms with Crippen molar-refractivity contribution in [3.63, 3.8) is 0 Å². The first-order valence-corrected chi connectivity index (χ1v) is 8.56. The van der Waals surface area contributed by atoms with Gasteiger partial charge in [0.05, 0.1) is 6.10 Å². The van der Waals surface area contributed by atoms with Gasteiger partial charge in [-0.3, -0.25) is 0 Å². The SMILES string of the molecule is Cc1ccccc1C(O)CNC(=O)NCc1cccc(NC(C)C)c1. The van der Waals surface area contributed by atoms with Crippen molar-refractivity contribution < 1.29 is 9.90 Å². The second-order valence-corrected chi connectivity index (χ2v) is 6.44. The van der Waals surface area contributed by atoms with Crippen LogP contribution in [0.2, 0.25) is 0 Å². The molecule has 1 atom stereocenters. The Morgan fingerprint density at radius 1 is 1.08 bits per heavy atom. The first-order valence-electron chi connectivity index (χ1n) is 8.56. The van der Waals surface area contributed by atoms with E-state index in [-0.39, 0.29) is 12.6 Å². The van der Waals surface area contributed by atoms with Crippen molar-refractivity contribution in [3.05, 3.63) is 65.2 Å². The Labute approximate surface area is 149 Å². The molecule has 0 spiro atoms. The predicted molar refractivity (Wildman–Crippen MR) is 102 cm³/mol. The average Bonchev–Trinajstić information content (AvgIpc) is 2.58. The van der Waals surface area contributed by atoms with Crippen molar-refractivity contribution in [3.8, 4) is 0 Å². The normalized spacial score (nSPS) is 11.9. The van der Waals surface area contributed by atoms with Gasteiger partial charge in [0.15, 0.2) is 0 Å². The van der Waals surface area contributed by atoms with Gasteiger partial charge in [-0.1, -0.05) is 36.4 Å². The number of aliphatic hydroxyl groups excluding tert-OH is 1. The Morgan fingerprint density at radius 3 is 2.56 bits per heavy atom. The maximum atomic E-state index is 12.0. The lowest BCUT2D eigenvalue weighted by Crippen LogP contribution is -2.37. The number of rotatable bonds is 7. The molecule has 0 fully saturated rings. The monoisotopic (exact) mass is 341 g/mol. The predicted octanol–water partition coefficient (Wildman–Crippen LogP) is 3.35. The maximum Gasteiger partial charge on any atom is 0.315 e. The Kier molecular flexibility index (Phi) is 6.83. The van der Waals surface area contributed by atoms with Gasteiger partial charge < -0.3 is 21.1 Å². The number of amides is 2. The molecule has 1 unspecified atom stereocenters. The lowest BCUT2D eigenvalue weighted by atomic mass is 10.0. The minimum atomic E-state index is -0.717. The van der Waals surface area contributed by atoms with E-state index in [9.17, 15) is 9.90 Å². The molecule has 0 saturated heterocycles. The summed E-state index contributed by atoms with van der Waals surface area (Å²) in [6.45, 7) is 6.71. The molecule has 2 amide bonds. The van der Waals surface area contributed by atoms with Crippen LogP contribution in [0.15, 0.2) is 48.5 Å².